The molecule has 1 unspecified atom stereocenters. The Bertz CT molecular complexity index is 1610. The normalized spacial score (nSPS) is 19.7. The predicted octanol–water partition coefficient (Wildman–Crippen LogP) is 8.04. The van der Waals surface area contributed by atoms with Crippen molar-refractivity contribution in [2.24, 2.45) is 5.73 Å². The number of halogens is 7. The second kappa shape index (κ2) is 14.0. The Morgan fingerprint density at radius 3 is 2.19 bits per heavy atom. The molecule has 3 N–H and O–H groups in total. The molecule has 1 saturated heterocycles. The minimum absolute atomic E-state index is 0.000920. The van der Waals surface area contributed by atoms with Gasteiger partial charge < -0.3 is 20.7 Å². The molecule has 1 fully saturated rings. The van der Waals surface area contributed by atoms with E-state index in [1.807, 2.05) is 6.07 Å². The lowest BCUT2D eigenvalue weighted by molar-refractivity contribution is -0.143. The fraction of sp³-hybridized carbons (Fsp3) is 0.371. The molecule has 1 aliphatic heterocycles. The highest BCUT2D eigenvalue weighted by molar-refractivity contribution is 5.87. The summed E-state index contributed by atoms with van der Waals surface area (Å²) in [6.07, 6.45) is -9.39. The zero-order chi connectivity index (χ0) is 35.5. The second-order valence-corrected chi connectivity index (χ2v) is 12.4. The number of benzene rings is 3. The van der Waals surface area contributed by atoms with Crippen molar-refractivity contribution >= 4 is 12.0 Å². The number of hydrogen-bond acceptors (Lipinski definition) is 4. The number of carbonyl (C=O) groups excluding carboxylic acids is 2. The van der Waals surface area contributed by atoms with Crippen molar-refractivity contribution in [3.63, 3.8) is 0 Å². The zero-order valence-corrected chi connectivity index (χ0v) is 26.4. The van der Waals surface area contributed by atoms with E-state index in [9.17, 15) is 40.3 Å². The number of nitrogens with zero attached hydrogens (tertiary/aromatic N) is 1. The molecule has 4 rings (SSSR count). The number of amides is 2. The number of piperidine rings is 1. The molecule has 48 heavy (non-hydrogen) atoms. The first kappa shape index (κ1) is 36.4. The van der Waals surface area contributed by atoms with E-state index in [4.69, 9.17) is 10.5 Å². The molecule has 13 heteroatoms. The van der Waals surface area contributed by atoms with E-state index in [0.717, 1.165) is 5.56 Å². The molecule has 0 radical (unpaired) electrons. The molecule has 2 amide bonds. The van der Waals surface area contributed by atoms with Crippen molar-refractivity contribution in [3.8, 4) is 0 Å². The zero-order valence-electron chi connectivity index (χ0n) is 26.4. The van der Waals surface area contributed by atoms with Crippen molar-refractivity contribution < 1.29 is 45.1 Å². The third-order valence-electron chi connectivity index (χ3n) is 8.47. The van der Waals surface area contributed by atoms with Gasteiger partial charge in [-0.05, 0) is 92.1 Å². The lowest BCUT2D eigenvalue weighted by Crippen LogP contribution is -2.61. The third-order valence-corrected chi connectivity index (χ3v) is 8.47. The van der Waals surface area contributed by atoms with Crippen LogP contribution in [0.1, 0.15) is 65.6 Å². The van der Waals surface area contributed by atoms with Crippen LogP contribution in [0.4, 0.5) is 35.5 Å². The molecule has 0 bridgehead atoms. The molecule has 0 aromatic heterocycles. The summed E-state index contributed by atoms with van der Waals surface area (Å²) in [5.74, 6) is -1.28. The topological polar surface area (TPSA) is 84.7 Å². The molecule has 3 aromatic rings. The number of carbonyl (C=O) groups is 2. The molecule has 1 aliphatic rings. The van der Waals surface area contributed by atoms with Crippen molar-refractivity contribution in [1.29, 1.82) is 0 Å². The van der Waals surface area contributed by atoms with E-state index in [0.29, 0.717) is 23.3 Å². The van der Waals surface area contributed by atoms with Gasteiger partial charge in [0.25, 0.3) is 0 Å². The molecule has 3 aromatic carbocycles. The van der Waals surface area contributed by atoms with Gasteiger partial charge >= 0.3 is 18.4 Å². The summed E-state index contributed by atoms with van der Waals surface area (Å²) in [7, 11) is 0. The number of aryl methyl sites for hydroxylation is 1. The number of likely N-dealkylation sites (tertiary alicyclic amines) is 1. The van der Waals surface area contributed by atoms with Crippen LogP contribution in [-0.2, 0) is 34.9 Å². The number of rotatable bonds is 9. The predicted molar refractivity (Wildman–Crippen MR) is 165 cm³/mol. The third kappa shape index (κ3) is 8.74. The van der Waals surface area contributed by atoms with Gasteiger partial charge in [-0.1, -0.05) is 42.5 Å². The van der Waals surface area contributed by atoms with Crippen LogP contribution in [0, 0.1) is 12.7 Å². The first-order valence-electron chi connectivity index (χ1n) is 15.1. The number of hydrogen-bond donors (Lipinski definition) is 2. The average molecular weight is 680 g/mol. The Kier molecular flexibility index (Phi) is 10.6. The molecule has 0 aliphatic carbocycles. The number of nitrogens with two attached hydrogens (primary N) is 1. The Balaban J connectivity index is 1.66. The fourth-order valence-electron chi connectivity index (χ4n) is 6.16. The summed E-state index contributed by atoms with van der Waals surface area (Å²) >= 11 is 0. The van der Waals surface area contributed by atoms with Crippen LogP contribution in [0.2, 0.25) is 0 Å². The van der Waals surface area contributed by atoms with E-state index in [1.54, 1.807) is 37.3 Å². The Labute approximate surface area is 273 Å². The summed E-state index contributed by atoms with van der Waals surface area (Å²) in [5.41, 5.74) is 1.78. The highest BCUT2D eigenvalue weighted by Crippen LogP contribution is 2.42. The van der Waals surface area contributed by atoms with Gasteiger partial charge in [-0.25, -0.2) is 9.18 Å². The summed E-state index contributed by atoms with van der Waals surface area (Å²) in [4.78, 5) is 28.6. The van der Waals surface area contributed by atoms with Crippen molar-refractivity contribution in [1.82, 2.24) is 10.2 Å². The van der Waals surface area contributed by atoms with Crippen molar-refractivity contribution in [3.05, 3.63) is 119 Å². The maximum absolute atomic E-state index is 14.2. The maximum Gasteiger partial charge on any atom is 0.416 e. The number of ether oxygens (including phenoxy) is 1. The number of nitrogens with one attached hydrogen (secondary N) is 1. The van der Waals surface area contributed by atoms with Gasteiger partial charge in [-0.15, -0.1) is 6.58 Å². The first-order valence-corrected chi connectivity index (χ1v) is 15.1. The van der Waals surface area contributed by atoms with Crippen LogP contribution >= 0.6 is 0 Å². The minimum atomic E-state index is -5.08. The average Bonchev–Trinajstić information content (AvgIpc) is 2.99. The van der Waals surface area contributed by atoms with Crippen molar-refractivity contribution in [2.75, 3.05) is 6.54 Å². The fourth-order valence-corrected chi connectivity index (χ4v) is 6.16. The molecular weight excluding hydrogens is 643 g/mol. The standard InChI is InChI=1S/C35H36F7N3O3/c1-4-12-33(44-31(47)48-21-23-8-6-5-7-9-23)13-14-45(29(20-33)28-11-10-27(36)15-22(28)2)30(46)32(3,43)19-24-16-25(34(37,38)39)18-26(17-24)35(40,41)42/h4-11,15-18,29H,1,12-14,19-21,43H2,2-3H3,(H,44,47)/t29-,32?,33+/m1/s1. The molecule has 0 saturated carbocycles. The largest absolute Gasteiger partial charge is 0.445 e. The van der Waals surface area contributed by atoms with Crippen LogP contribution in [0.25, 0.3) is 0 Å². The maximum atomic E-state index is 14.2. The second-order valence-electron chi connectivity index (χ2n) is 12.4. The summed E-state index contributed by atoms with van der Waals surface area (Å²) in [6.45, 7) is 6.67. The lowest BCUT2D eigenvalue weighted by Gasteiger charge is -2.48. The van der Waals surface area contributed by atoms with Crippen LogP contribution in [-0.4, -0.2) is 34.5 Å². The van der Waals surface area contributed by atoms with Crippen molar-refractivity contribution in [2.45, 2.75) is 75.6 Å². The molecule has 3 atom stereocenters. The number of alkyl carbamates (subject to hydrolysis) is 1. The SMILES string of the molecule is C=CC[C@]1(NC(=O)OCc2ccccc2)CCN(C(=O)C(C)(N)Cc2cc(C(F)(F)F)cc(C(F)(F)F)c2)[C@@H](c2ccc(F)cc2C)C1. The molecule has 0 spiro atoms. The van der Waals surface area contributed by atoms with E-state index in [1.165, 1.54) is 30.0 Å². The molecular formula is C35H36F7N3O3. The van der Waals surface area contributed by atoms with E-state index in [-0.39, 0.29) is 38.5 Å². The van der Waals surface area contributed by atoms with Gasteiger partial charge in [0.05, 0.1) is 28.2 Å². The minimum Gasteiger partial charge on any atom is -0.445 e. The van der Waals surface area contributed by atoms with Crippen LogP contribution < -0.4 is 11.1 Å². The Morgan fingerprint density at radius 1 is 1.00 bits per heavy atom. The highest BCUT2D eigenvalue weighted by atomic mass is 19.4. The smallest absolute Gasteiger partial charge is 0.416 e. The summed E-state index contributed by atoms with van der Waals surface area (Å²) in [6, 6.07) is 13.2. The highest BCUT2D eigenvalue weighted by Gasteiger charge is 2.46. The lowest BCUT2D eigenvalue weighted by atomic mass is 9.76. The molecule has 1 heterocycles. The summed E-state index contributed by atoms with van der Waals surface area (Å²) in [5, 5.41) is 2.92. The molecule has 6 nitrogen and oxygen atoms in total. The molecule has 258 valence electrons. The van der Waals surface area contributed by atoms with E-state index >= 15 is 0 Å². The van der Waals surface area contributed by atoms with Crippen LogP contribution in [0.15, 0.2) is 79.4 Å². The Hall–Kier alpha value is -4.39. The van der Waals surface area contributed by atoms with Crippen LogP contribution in [0.3, 0.4) is 0 Å². The van der Waals surface area contributed by atoms with Gasteiger partial charge in [0.2, 0.25) is 5.91 Å². The summed E-state index contributed by atoms with van der Waals surface area (Å²) < 4.78 is 101. The monoisotopic (exact) mass is 679 g/mol. The quantitative estimate of drug-likeness (QED) is 0.177. The van der Waals surface area contributed by atoms with Crippen LogP contribution in [0.5, 0.6) is 0 Å². The van der Waals surface area contributed by atoms with Gasteiger partial charge in [-0.2, -0.15) is 26.3 Å². The van der Waals surface area contributed by atoms with Gasteiger partial charge in [0.15, 0.2) is 0 Å². The van der Waals surface area contributed by atoms with Gasteiger partial charge in [-0.3, -0.25) is 4.79 Å². The Morgan fingerprint density at radius 2 is 1.62 bits per heavy atom. The van der Waals surface area contributed by atoms with Gasteiger partial charge in [0.1, 0.15) is 12.4 Å². The van der Waals surface area contributed by atoms with Gasteiger partial charge in [0, 0.05) is 6.54 Å². The van der Waals surface area contributed by atoms with E-state index < -0.39 is 70.4 Å². The first-order chi connectivity index (χ1) is 22.3. The van der Waals surface area contributed by atoms with E-state index in [2.05, 4.69) is 11.9 Å². The number of alkyl halides is 6.